The monoisotopic (exact) mass is 437 g/mol. The van der Waals surface area contributed by atoms with Crippen molar-refractivity contribution < 1.29 is 18.5 Å². The highest BCUT2D eigenvalue weighted by Gasteiger charge is 2.22. The van der Waals surface area contributed by atoms with E-state index in [0.29, 0.717) is 17.3 Å². The fourth-order valence-corrected chi connectivity index (χ4v) is 4.25. The Bertz CT molecular complexity index is 1200. The number of hydrogen-bond donors (Lipinski definition) is 1. The van der Waals surface area contributed by atoms with Crippen LogP contribution >= 0.6 is 11.6 Å². The lowest BCUT2D eigenvalue weighted by Gasteiger charge is -2.12. The fraction of sp³-hybridized carbons (Fsp3) is 0.250. The highest BCUT2D eigenvalue weighted by atomic mass is 35.5. The molecule has 0 saturated heterocycles. The molecule has 0 amide bonds. The number of fused-ring (bicyclic) bond motifs is 1. The molecule has 9 heteroatoms. The van der Waals surface area contributed by atoms with Crippen molar-refractivity contribution in [3.05, 3.63) is 59.0 Å². The molecule has 0 aliphatic rings. The van der Waals surface area contributed by atoms with Gasteiger partial charge in [0.1, 0.15) is 5.83 Å². The number of hydrogen-bond acceptors (Lipinski definition) is 3. The predicted octanol–water partition coefficient (Wildman–Crippen LogP) is 3.01. The van der Waals surface area contributed by atoms with Crippen LogP contribution in [-0.4, -0.2) is 42.9 Å². The third-order valence-electron chi connectivity index (χ3n) is 4.69. The highest BCUT2D eigenvalue weighted by molar-refractivity contribution is 7.89. The Labute approximate surface area is 174 Å². The third-order valence-corrected chi connectivity index (χ3v) is 6.64. The van der Waals surface area contributed by atoms with E-state index >= 15 is 0 Å². The van der Waals surface area contributed by atoms with Gasteiger partial charge in [0.15, 0.2) is 5.03 Å². The first-order valence-corrected chi connectivity index (χ1v) is 10.8. The van der Waals surface area contributed by atoms with Crippen molar-refractivity contribution in [1.29, 1.82) is 0 Å². The van der Waals surface area contributed by atoms with E-state index in [9.17, 15) is 12.8 Å². The molecule has 0 atom stereocenters. The summed E-state index contributed by atoms with van der Waals surface area (Å²) in [6, 6.07) is 10.2. The van der Waals surface area contributed by atoms with Crippen LogP contribution in [0.3, 0.4) is 0 Å². The Morgan fingerprint density at radius 2 is 2.03 bits per heavy atom. The summed E-state index contributed by atoms with van der Waals surface area (Å²) in [5.41, 5.74) is 6.41. The number of aromatic nitrogens is 2. The minimum absolute atomic E-state index is 0.0505. The quantitative estimate of drug-likeness (QED) is 0.643. The zero-order valence-electron chi connectivity index (χ0n) is 16.5. The molecule has 3 rings (SSSR count). The molecule has 0 saturated carbocycles. The molecule has 154 valence electrons. The predicted molar refractivity (Wildman–Crippen MR) is 113 cm³/mol. The standard InChI is InChI=1S/C20H22ClFN4O2S/c1-13-20(17-5-4-6-19(24-17)29(27,28)25(2)3)16-11-14(21)7-8-18(16)26(13)12-15(22)9-10-23/h4-9,11H,10,12,23H2,1-3H3/p+1. The Morgan fingerprint density at radius 1 is 1.31 bits per heavy atom. The normalized spacial score (nSPS) is 12.9. The van der Waals surface area contributed by atoms with E-state index < -0.39 is 10.0 Å². The van der Waals surface area contributed by atoms with E-state index in [1.807, 2.05) is 17.6 Å². The summed E-state index contributed by atoms with van der Waals surface area (Å²) < 4.78 is 42.2. The largest absolute Gasteiger partial charge is 0.354 e. The Kier molecular flexibility index (Phi) is 6.09. The first-order valence-electron chi connectivity index (χ1n) is 8.99. The van der Waals surface area contributed by atoms with Crippen LogP contribution in [-0.2, 0) is 16.6 Å². The van der Waals surface area contributed by atoms with Gasteiger partial charge in [0.05, 0.1) is 18.8 Å². The average Bonchev–Trinajstić information content (AvgIpc) is 2.92. The van der Waals surface area contributed by atoms with Crippen molar-refractivity contribution in [2.24, 2.45) is 0 Å². The lowest BCUT2D eigenvalue weighted by molar-refractivity contribution is -0.353. The lowest BCUT2D eigenvalue weighted by Crippen LogP contribution is -2.49. The molecule has 0 spiro atoms. The summed E-state index contributed by atoms with van der Waals surface area (Å²) in [7, 11) is -0.775. The number of benzene rings is 1. The Hall–Kier alpha value is -2.26. The molecule has 0 unspecified atom stereocenters. The van der Waals surface area contributed by atoms with E-state index in [0.717, 1.165) is 26.5 Å². The van der Waals surface area contributed by atoms with Gasteiger partial charge in [0, 0.05) is 47.4 Å². The number of quaternary nitrogens is 1. The molecule has 0 bridgehead atoms. The van der Waals surface area contributed by atoms with Gasteiger partial charge in [-0.3, -0.25) is 0 Å². The molecular weight excluding hydrogens is 415 g/mol. The number of allylic oxidation sites excluding steroid dienone is 1. The van der Waals surface area contributed by atoms with Crippen LogP contribution < -0.4 is 5.73 Å². The summed E-state index contributed by atoms with van der Waals surface area (Å²) in [5.74, 6) is -0.293. The highest BCUT2D eigenvalue weighted by Crippen LogP contribution is 2.36. The topological polar surface area (TPSA) is 82.8 Å². The Balaban J connectivity index is 2.27. The molecule has 0 aliphatic carbocycles. The third kappa shape index (κ3) is 4.06. The summed E-state index contributed by atoms with van der Waals surface area (Å²) in [5, 5.41) is 1.26. The van der Waals surface area contributed by atoms with Gasteiger partial charge < -0.3 is 10.3 Å². The zero-order chi connectivity index (χ0) is 21.3. The SMILES string of the molecule is Cc1c(-c2cccc(S(=O)(=O)N(C)C)n2)c2cc(Cl)ccc2n1CC(F)=CC[NH3+]. The first-order chi connectivity index (χ1) is 13.7. The van der Waals surface area contributed by atoms with Crippen LogP contribution in [0.4, 0.5) is 4.39 Å². The summed E-state index contributed by atoms with van der Waals surface area (Å²) in [6.07, 6.45) is 1.43. The summed E-state index contributed by atoms with van der Waals surface area (Å²) in [4.78, 5) is 4.40. The van der Waals surface area contributed by atoms with Crippen molar-refractivity contribution in [3.8, 4) is 11.3 Å². The second kappa shape index (κ2) is 8.23. The van der Waals surface area contributed by atoms with Gasteiger partial charge in [0.2, 0.25) is 0 Å². The molecule has 3 aromatic rings. The maximum Gasteiger partial charge on any atom is 0.260 e. The van der Waals surface area contributed by atoms with E-state index in [1.54, 1.807) is 24.3 Å². The Morgan fingerprint density at radius 3 is 2.69 bits per heavy atom. The molecule has 3 N–H and O–H groups in total. The zero-order valence-corrected chi connectivity index (χ0v) is 18.1. The molecule has 0 fully saturated rings. The van der Waals surface area contributed by atoms with Crippen molar-refractivity contribution in [2.45, 2.75) is 18.5 Å². The van der Waals surface area contributed by atoms with Gasteiger partial charge in [-0.2, -0.15) is 0 Å². The van der Waals surface area contributed by atoms with Crippen LogP contribution in [0, 0.1) is 6.92 Å². The molecule has 2 aromatic heterocycles. The lowest BCUT2D eigenvalue weighted by atomic mass is 10.1. The van der Waals surface area contributed by atoms with Crippen LogP contribution in [0.5, 0.6) is 0 Å². The van der Waals surface area contributed by atoms with Crippen molar-refractivity contribution >= 4 is 32.5 Å². The van der Waals surface area contributed by atoms with Gasteiger partial charge in [-0.1, -0.05) is 17.7 Å². The molecule has 0 radical (unpaired) electrons. The molecule has 6 nitrogen and oxygen atoms in total. The van der Waals surface area contributed by atoms with Crippen molar-refractivity contribution in [3.63, 3.8) is 0 Å². The molecule has 1 aromatic carbocycles. The maximum absolute atomic E-state index is 14.3. The van der Waals surface area contributed by atoms with Crippen molar-refractivity contribution in [2.75, 3.05) is 20.6 Å². The molecule has 0 aliphatic heterocycles. The fourth-order valence-electron chi connectivity index (χ4n) is 3.24. The number of nitrogens with zero attached hydrogens (tertiary/aromatic N) is 3. The molecule has 29 heavy (non-hydrogen) atoms. The summed E-state index contributed by atoms with van der Waals surface area (Å²) >= 11 is 6.21. The van der Waals surface area contributed by atoms with Gasteiger partial charge in [0.25, 0.3) is 10.0 Å². The van der Waals surface area contributed by atoms with Gasteiger partial charge in [-0.25, -0.2) is 22.1 Å². The van der Waals surface area contributed by atoms with Crippen LogP contribution in [0.1, 0.15) is 5.69 Å². The van der Waals surface area contributed by atoms with Gasteiger partial charge in [-0.15, -0.1) is 0 Å². The second-order valence-electron chi connectivity index (χ2n) is 6.80. The van der Waals surface area contributed by atoms with E-state index in [-0.39, 0.29) is 17.4 Å². The average molecular weight is 438 g/mol. The van der Waals surface area contributed by atoms with Gasteiger partial charge in [-0.05, 0) is 37.3 Å². The van der Waals surface area contributed by atoms with E-state index in [1.165, 1.54) is 26.2 Å². The summed E-state index contributed by atoms with van der Waals surface area (Å²) in [6.45, 7) is 2.26. The van der Waals surface area contributed by atoms with Gasteiger partial charge >= 0.3 is 0 Å². The smallest absolute Gasteiger partial charge is 0.260 e. The van der Waals surface area contributed by atoms with E-state index in [2.05, 4.69) is 10.7 Å². The molecular formula is C20H23ClFN4O2S+. The molecule has 2 heterocycles. The van der Waals surface area contributed by atoms with Crippen molar-refractivity contribution in [1.82, 2.24) is 13.9 Å². The number of halogens is 2. The first kappa shape index (κ1) is 21.4. The maximum atomic E-state index is 14.3. The minimum atomic E-state index is -3.69. The number of sulfonamides is 1. The van der Waals surface area contributed by atoms with Crippen LogP contribution in [0.2, 0.25) is 5.02 Å². The minimum Gasteiger partial charge on any atom is -0.354 e. The van der Waals surface area contributed by atoms with E-state index in [4.69, 9.17) is 11.6 Å². The number of pyridine rings is 1. The number of rotatable bonds is 6. The van der Waals surface area contributed by atoms with Crippen LogP contribution in [0.15, 0.2) is 53.3 Å². The second-order valence-corrected chi connectivity index (χ2v) is 9.33. The van der Waals surface area contributed by atoms with Crippen LogP contribution in [0.25, 0.3) is 22.2 Å².